The summed E-state index contributed by atoms with van der Waals surface area (Å²) in [5.74, 6) is 0.296. The Hall–Kier alpha value is -1.41. The fourth-order valence-electron chi connectivity index (χ4n) is 1.46. The van der Waals surface area contributed by atoms with Gasteiger partial charge in [-0.2, -0.15) is 13.2 Å². The minimum absolute atomic E-state index is 0.296. The molecular weight excluding hydrogens is 313 g/mol. The van der Waals surface area contributed by atoms with Gasteiger partial charge in [0.1, 0.15) is 5.01 Å². The number of hydrogen-bond donors (Lipinski definition) is 1. The van der Waals surface area contributed by atoms with Gasteiger partial charge in [0.2, 0.25) is 5.95 Å². The molecule has 9 heteroatoms. The minimum Gasteiger partial charge on any atom is -0.345 e. The van der Waals surface area contributed by atoms with E-state index >= 15 is 0 Å². The lowest BCUT2D eigenvalue weighted by atomic mass is 10.2. The first-order valence-electron chi connectivity index (χ1n) is 5.67. The molecule has 0 fully saturated rings. The van der Waals surface area contributed by atoms with Crippen LogP contribution < -0.4 is 5.32 Å². The molecule has 0 unspecified atom stereocenters. The van der Waals surface area contributed by atoms with Gasteiger partial charge in [0.25, 0.3) is 0 Å². The highest BCUT2D eigenvalue weighted by Crippen LogP contribution is 2.33. The van der Waals surface area contributed by atoms with Crippen LogP contribution in [0, 0.1) is 0 Å². The largest absolute Gasteiger partial charge is 0.434 e. The summed E-state index contributed by atoms with van der Waals surface area (Å²) in [6, 6.07) is -0.378. The highest BCUT2D eigenvalue weighted by Gasteiger charge is 2.34. The molecule has 0 bridgehead atoms. The van der Waals surface area contributed by atoms with Crippen LogP contribution in [0.15, 0.2) is 17.8 Å². The molecule has 1 N–H and O–H groups in total. The first kappa shape index (κ1) is 15.0. The lowest BCUT2D eigenvalue weighted by Crippen LogP contribution is -2.13. The van der Waals surface area contributed by atoms with Gasteiger partial charge in [-0.15, -0.1) is 11.3 Å². The zero-order valence-corrected chi connectivity index (χ0v) is 11.9. The molecule has 2 heterocycles. The van der Waals surface area contributed by atoms with Gasteiger partial charge >= 0.3 is 6.18 Å². The Morgan fingerprint density at radius 1 is 1.35 bits per heavy atom. The van der Waals surface area contributed by atoms with Crippen LogP contribution in [0.4, 0.5) is 19.1 Å². The van der Waals surface area contributed by atoms with E-state index in [9.17, 15) is 13.2 Å². The van der Waals surface area contributed by atoms with Gasteiger partial charge in [-0.05, 0) is 6.42 Å². The number of aromatic nitrogens is 3. The molecule has 108 valence electrons. The third-order valence-corrected chi connectivity index (χ3v) is 3.60. The third-order valence-electron chi connectivity index (χ3n) is 2.44. The number of anilines is 1. The first-order valence-corrected chi connectivity index (χ1v) is 6.92. The van der Waals surface area contributed by atoms with Gasteiger partial charge in [0.05, 0.1) is 23.5 Å². The van der Waals surface area contributed by atoms with Crippen LogP contribution in [-0.4, -0.2) is 15.0 Å². The molecular formula is C11H10ClF3N4S. The summed E-state index contributed by atoms with van der Waals surface area (Å²) < 4.78 is 37.6. The van der Waals surface area contributed by atoms with E-state index in [1.165, 1.54) is 12.4 Å². The monoisotopic (exact) mass is 322 g/mol. The predicted molar refractivity (Wildman–Crippen MR) is 70.8 cm³/mol. The van der Waals surface area contributed by atoms with Gasteiger partial charge in [0.15, 0.2) is 5.69 Å². The number of nitrogens with one attached hydrogen (secondary N) is 1. The van der Waals surface area contributed by atoms with Crippen molar-refractivity contribution in [1.82, 2.24) is 15.0 Å². The van der Waals surface area contributed by atoms with Crippen molar-refractivity contribution in [1.29, 1.82) is 0 Å². The molecule has 0 amide bonds. The Kier molecular flexibility index (Phi) is 4.44. The second-order valence-electron chi connectivity index (χ2n) is 3.90. The standard InChI is InChI=1S/C11H10ClF3N4S/c1-2-7(18-10-16-3-6(12)4-17-10)9-19-8(5-20-9)11(13,14)15/h3-5,7H,2H2,1H3,(H,16,17,18)/t7-/m0/s1. The second-order valence-corrected chi connectivity index (χ2v) is 5.22. The molecule has 0 aliphatic heterocycles. The molecule has 20 heavy (non-hydrogen) atoms. The maximum absolute atomic E-state index is 12.5. The van der Waals surface area contributed by atoms with E-state index in [1.54, 1.807) is 0 Å². The smallest absolute Gasteiger partial charge is 0.345 e. The van der Waals surface area contributed by atoms with Gasteiger partial charge < -0.3 is 5.32 Å². The van der Waals surface area contributed by atoms with Gasteiger partial charge in [-0.25, -0.2) is 15.0 Å². The molecule has 0 saturated heterocycles. The van der Waals surface area contributed by atoms with Crippen molar-refractivity contribution in [3.63, 3.8) is 0 Å². The normalized spacial score (nSPS) is 13.2. The van der Waals surface area contributed by atoms with Crippen LogP contribution in [0.3, 0.4) is 0 Å². The molecule has 0 spiro atoms. The molecule has 2 rings (SSSR count). The lowest BCUT2D eigenvalue weighted by molar-refractivity contribution is -0.140. The summed E-state index contributed by atoms with van der Waals surface area (Å²) in [5, 5.41) is 4.67. The zero-order valence-electron chi connectivity index (χ0n) is 10.3. The summed E-state index contributed by atoms with van der Waals surface area (Å²) in [5.41, 5.74) is -0.880. The maximum Gasteiger partial charge on any atom is 0.434 e. The number of hydrogen-bond acceptors (Lipinski definition) is 5. The van der Waals surface area contributed by atoms with E-state index < -0.39 is 11.9 Å². The van der Waals surface area contributed by atoms with E-state index in [4.69, 9.17) is 11.6 Å². The van der Waals surface area contributed by atoms with Crippen molar-refractivity contribution < 1.29 is 13.2 Å². The average Bonchev–Trinajstić information content (AvgIpc) is 2.87. The quantitative estimate of drug-likeness (QED) is 0.918. The number of alkyl halides is 3. The van der Waals surface area contributed by atoms with Gasteiger partial charge in [-0.3, -0.25) is 0 Å². The molecule has 0 radical (unpaired) electrons. The number of rotatable bonds is 4. The van der Waals surface area contributed by atoms with Crippen molar-refractivity contribution in [2.24, 2.45) is 0 Å². The van der Waals surface area contributed by atoms with Gasteiger partial charge in [-0.1, -0.05) is 18.5 Å². The Morgan fingerprint density at radius 3 is 2.50 bits per heavy atom. The molecule has 1 atom stereocenters. The van der Waals surface area contributed by atoms with Crippen LogP contribution in [-0.2, 0) is 6.18 Å². The second kappa shape index (κ2) is 5.92. The highest BCUT2D eigenvalue weighted by molar-refractivity contribution is 7.09. The fraction of sp³-hybridized carbons (Fsp3) is 0.364. The van der Waals surface area contributed by atoms with E-state index in [-0.39, 0.29) is 6.04 Å². The van der Waals surface area contributed by atoms with Crippen LogP contribution in [0.1, 0.15) is 30.1 Å². The molecule has 0 aromatic carbocycles. The fourth-order valence-corrected chi connectivity index (χ4v) is 2.52. The molecule has 0 aliphatic carbocycles. The summed E-state index contributed by atoms with van der Waals surface area (Å²) in [6.07, 6.45) is -1.06. The Morgan fingerprint density at radius 2 is 2.00 bits per heavy atom. The molecule has 2 aromatic heterocycles. The minimum atomic E-state index is -4.43. The molecule has 4 nitrogen and oxygen atoms in total. The highest BCUT2D eigenvalue weighted by atomic mass is 35.5. The Bertz CT molecular complexity index is 570. The van der Waals surface area contributed by atoms with E-state index in [2.05, 4.69) is 20.3 Å². The van der Waals surface area contributed by atoms with E-state index in [0.29, 0.717) is 22.4 Å². The summed E-state index contributed by atoms with van der Waals surface area (Å²) >= 11 is 6.62. The summed E-state index contributed by atoms with van der Waals surface area (Å²) in [7, 11) is 0. The van der Waals surface area contributed by atoms with Crippen LogP contribution >= 0.6 is 22.9 Å². The molecule has 2 aromatic rings. The SMILES string of the molecule is CC[C@H](Nc1ncc(Cl)cn1)c1nc(C(F)(F)F)cs1. The lowest BCUT2D eigenvalue weighted by Gasteiger charge is -2.14. The molecule has 0 saturated carbocycles. The summed E-state index contributed by atoms with van der Waals surface area (Å²) in [4.78, 5) is 11.5. The number of thiazole rings is 1. The predicted octanol–water partition coefficient (Wildman–Crippen LogP) is 4.17. The first-order chi connectivity index (χ1) is 9.40. The summed E-state index contributed by atoms with van der Waals surface area (Å²) in [6.45, 7) is 1.84. The van der Waals surface area contributed by atoms with Crippen molar-refractivity contribution in [3.05, 3.63) is 33.5 Å². The molecule has 0 aliphatic rings. The van der Waals surface area contributed by atoms with Crippen molar-refractivity contribution in [2.45, 2.75) is 25.6 Å². The van der Waals surface area contributed by atoms with Crippen molar-refractivity contribution in [2.75, 3.05) is 5.32 Å². The van der Waals surface area contributed by atoms with Crippen LogP contribution in [0.2, 0.25) is 5.02 Å². The van der Waals surface area contributed by atoms with Gasteiger partial charge in [0, 0.05) is 5.38 Å². The Balaban J connectivity index is 2.16. The van der Waals surface area contributed by atoms with Crippen LogP contribution in [0.5, 0.6) is 0 Å². The average molecular weight is 323 g/mol. The number of nitrogens with zero attached hydrogens (tertiary/aromatic N) is 3. The van der Waals surface area contributed by atoms with E-state index in [0.717, 1.165) is 16.7 Å². The Labute approximate surface area is 122 Å². The number of halogens is 4. The van der Waals surface area contributed by atoms with Crippen LogP contribution in [0.25, 0.3) is 0 Å². The zero-order chi connectivity index (χ0) is 14.8. The maximum atomic E-state index is 12.5. The van der Waals surface area contributed by atoms with E-state index in [1.807, 2.05) is 6.92 Å². The topological polar surface area (TPSA) is 50.7 Å². The van der Waals surface area contributed by atoms with Crippen molar-refractivity contribution in [3.8, 4) is 0 Å². The van der Waals surface area contributed by atoms with Crippen molar-refractivity contribution >= 4 is 28.9 Å². The third kappa shape index (κ3) is 3.57.